The molecule has 0 aliphatic heterocycles. The molecule has 0 saturated heterocycles. The van der Waals surface area contributed by atoms with Gasteiger partial charge in [-0.05, 0) is 35.0 Å². The van der Waals surface area contributed by atoms with Gasteiger partial charge in [0.15, 0.2) is 5.43 Å². The maximum Gasteiger partial charge on any atom is 0.193 e. The molecular formula is C10H6BrFO2. The van der Waals surface area contributed by atoms with Crippen LogP contribution in [0, 0.1) is 12.7 Å². The average Bonchev–Trinajstić information content (AvgIpc) is 2.08. The monoisotopic (exact) mass is 256 g/mol. The first-order valence-electron chi connectivity index (χ1n) is 3.97. The van der Waals surface area contributed by atoms with E-state index in [2.05, 4.69) is 15.9 Å². The molecule has 1 aromatic heterocycles. The molecule has 2 aromatic rings. The number of benzene rings is 1. The highest BCUT2D eigenvalue weighted by atomic mass is 79.9. The Hall–Kier alpha value is -1.16. The summed E-state index contributed by atoms with van der Waals surface area (Å²) in [6.45, 7) is 1.68. The standard InChI is InChI=1S/C10H6BrFO2/c1-5-2-9(13)6-3-8(12)7(11)4-10(6)14-5/h2-4H,1H3. The Kier molecular flexibility index (Phi) is 2.15. The Morgan fingerprint density at radius 2 is 2.07 bits per heavy atom. The number of rotatable bonds is 0. The fraction of sp³-hybridized carbons (Fsp3) is 0.100. The first-order valence-corrected chi connectivity index (χ1v) is 4.77. The molecule has 1 aromatic carbocycles. The fourth-order valence-electron chi connectivity index (χ4n) is 1.27. The normalized spacial score (nSPS) is 10.8. The SMILES string of the molecule is Cc1cc(=O)c2cc(F)c(Br)cc2o1. The second-order valence-electron chi connectivity index (χ2n) is 2.98. The third-order valence-corrected chi connectivity index (χ3v) is 2.50. The molecule has 0 bridgehead atoms. The second kappa shape index (κ2) is 3.20. The third kappa shape index (κ3) is 1.46. The van der Waals surface area contributed by atoms with Crippen molar-refractivity contribution in [3.8, 4) is 0 Å². The predicted octanol–water partition coefficient (Wildman–Crippen LogP) is 3.00. The molecule has 2 rings (SSSR count). The smallest absolute Gasteiger partial charge is 0.193 e. The minimum Gasteiger partial charge on any atom is -0.461 e. The van der Waals surface area contributed by atoms with Crippen LogP contribution in [0.2, 0.25) is 0 Å². The fourth-order valence-corrected chi connectivity index (χ4v) is 1.59. The van der Waals surface area contributed by atoms with Crippen molar-refractivity contribution < 1.29 is 8.81 Å². The Labute approximate surface area is 87.5 Å². The summed E-state index contributed by atoms with van der Waals surface area (Å²) in [5.41, 5.74) is 0.165. The zero-order valence-electron chi connectivity index (χ0n) is 7.30. The number of aryl methyl sites for hydroxylation is 1. The lowest BCUT2D eigenvalue weighted by Crippen LogP contribution is -2.00. The molecule has 0 unspecified atom stereocenters. The van der Waals surface area contributed by atoms with Crippen LogP contribution in [-0.2, 0) is 0 Å². The lowest BCUT2D eigenvalue weighted by atomic mass is 10.2. The molecule has 0 N–H and O–H groups in total. The van der Waals surface area contributed by atoms with Gasteiger partial charge < -0.3 is 4.42 Å². The highest BCUT2D eigenvalue weighted by molar-refractivity contribution is 9.10. The van der Waals surface area contributed by atoms with Gasteiger partial charge in [-0.3, -0.25) is 4.79 Å². The summed E-state index contributed by atoms with van der Waals surface area (Å²) in [5, 5.41) is 0.260. The van der Waals surface area contributed by atoms with E-state index in [1.807, 2.05) is 0 Å². The zero-order valence-corrected chi connectivity index (χ0v) is 8.89. The summed E-state index contributed by atoms with van der Waals surface area (Å²) in [7, 11) is 0. The molecular weight excluding hydrogens is 251 g/mol. The molecule has 0 atom stereocenters. The van der Waals surface area contributed by atoms with E-state index in [0.29, 0.717) is 15.8 Å². The largest absolute Gasteiger partial charge is 0.461 e. The van der Waals surface area contributed by atoms with Gasteiger partial charge in [0.2, 0.25) is 0 Å². The summed E-state index contributed by atoms with van der Waals surface area (Å²) in [6.07, 6.45) is 0. The van der Waals surface area contributed by atoms with Crippen molar-refractivity contribution in [2.24, 2.45) is 0 Å². The van der Waals surface area contributed by atoms with Crippen molar-refractivity contribution >= 4 is 26.9 Å². The Morgan fingerprint density at radius 3 is 2.79 bits per heavy atom. The second-order valence-corrected chi connectivity index (χ2v) is 3.84. The molecule has 0 spiro atoms. The lowest BCUT2D eigenvalue weighted by Gasteiger charge is -2.00. The van der Waals surface area contributed by atoms with Gasteiger partial charge in [-0.15, -0.1) is 0 Å². The minimum atomic E-state index is -0.464. The van der Waals surface area contributed by atoms with Crippen molar-refractivity contribution in [2.45, 2.75) is 6.92 Å². The Morgan fingerprint density at radius 1 is 1.36 bits per heavy atom. The first-order chi connectivity index (χ1) is 6.58. The van der Waals surface area contributed by atoms with Crippen LogP contribution >= 0.6 is 15.9 Å². The van der Waals surface area contributed by atoms with E-state index in [4.69, 9.17) is 4.42 Å². The summed E-state index contributed by atoms with van der Waals surface area (Å²) in [6, 6.07) is 3.97. The molecule has 0 amide bonds. The molecule has 0 saturated carbocycles. The van der Waals surface area contributed by atoms with Crippen LogP contribution in [-0.4, -0.2) is 0 Å². The van der Waals surface area contributed by atoms with Crippen LogP contribution in [0.3, 0.4) is 0 Å². The molecule has 14 heavy (non-hydrogen) atoms. The number of hydrogen-bond donors (Lipinski definition) is 0. The molecule has 4 heteroatoms. The third-order valence-electron chi connectivity index (χ3n) is 1.89. The van der Waals surface area contributed by atoms with E-state index in [1.165, 1.54) is 18.2 Å². The number of fused-ring (bicyclic) bond motifs is 1. The van der Waals surface area contributed by atoms with E-state index in [9.17, 15) is 9.18 Å². The van der Waals surface area contributed by atoms with Gasteiger partial charge in [-0.1, -0.05) is 0 Å². The predicted molar refractivity (Wildman–Crippen MR) is 54.9 cm³/mol. The van der Waals surface area contributed by atoms with Crippen LogP contribution in [0.4, 0.5) is 4.39 Å². The number of halogens is 2. The van der Waals surface area contributed by atoms with Gasteiger partial charge in [0.05, 0.1) is 9.86 Å². The van der Waals surface area contributed by atoms with Gasteiger partial charge in [0, 0.05) is 6.07 Å². The molecule has 0 aliphatic carbocycles. The quantitative estimate of drug-likeness (QED) is 0.726. The molecule has 72 valence electrons. The van der Waals surface area contributed by atoms with Crippen molar-refractivity contribution in [3.63, 3.8) is 0 Å². The van der Waals surface area contributed by atoms with E-state index in [0.717, 1.165) is 0 Å². The van der Waals surface area contributed by atoms with Crippen molar-refractivity contribution in [3.05, 3.63) is 44.5 Å². The van der Waals surface area contributed by atoms with E-state index in [-0.39, 0.29) is 10.8 Å². The van der Waals surface area contributed by atoms with Crippen LogP contribution in [0.15, 0.2) is 31.9 Å². The summed E-state index contributed by atoms with van der Waals surface area (Å²) < 4.78 is 18.7. The van der Waals surface area contributed by atoms with Gasteiger partial charge in [0.1, 0.15) is 17.2 Å². The molecule has 0 fully saturated rings. The topological polar surface area (TPSA) is 30.2 Å². The Balaban J connectivity index is 2.96. The van der Waals surface area contributed by atoms with Gasteiger partial charge >= 0.3 is 0 Å². The minimum absolute atomic E-state index is 0.227. The van der Waals surface area contributed by atoms with E-state index < -0.39 is 5.82 Å². The van der Waals surface area contributed by atoms with E-state index >= 15 is 0 Å². The van der Waals surface area contributed by atoms with Crippen LogP contribution in [0.5, 0.6) is 0 Å². The lowest BCUT2D eigenvalue weighted by molar-refractivity contribution is 0.561. The zero-order chi connectivity index (χ0) is 10.3. The van der Waals surface area contributed by atoms with Crippen molar-refractivity contribution in [1.29, 1.82) is 0 Å². The maximum absolute atomic E-state index is 13.1. The van der Waals surface area contributed by atoms with Gasteiger partial charge in [-0.2, -0.15) is 0 Å². The molecule has 0 radical (unpaired) electrons. The summed E-state index contributed by atoms with van der Waals surface area (Å²) in [5.74, 6) is 0.0506. The Bertz CT molecular complexity index is 560. The summed E-state index contributed by atoms with van der Waals surface area (Å²) >= 11 is 3.03. The average molecular weight is 257 g/mol. The van der Waals surface area contributed by atoms with E-state index in [1.54, 1.807) is 6.92 Å². The first kappa shape index (κ1) is 9.40. The highest BCUT2D eigenvalue weighted by Gasteiger charge is 2.07. The van der Waals surface area contributed by atoms with Crippen LogP contribution < -0.4 is 5.43 Å². The molecule has 0 aliphatic rings. The van der Waals surface area contributed by atoms with Crippen molar-refractivity contribution in [2.75, 3.05) is 0 Å². The van der Waals surface area contributed by atoms with Crippen LogP contribution in [0.25, 0.3) is 11.0 Å². The molecule has 1 heterocycles. The van der Waals surface area contributed by atoms with Gasteiger partial charge in [-0.25, -0.2) is 4.39 Å². The van der Waals surface area contributed by atoms with Crippen LogP contribution in [0.1, 0.15) is 5.76 Å². The van der Waals surface area contributed by atoms with Crippen molar-refractivity contribution in [1.82, 2.24) is 0 Å². The number of hydrogen-bond acceptors (Lipinski definition) is 2. The summed E-state index contributed by atoms with van der Waals surface area (Å²) in [4.78, 5) is 11.4. The van der Waals surface area contributed by atoms with Gasteiger partial charge in [0.25, 0.3) is 0 Å². The molecule has 2 nitrogen and oxygen atoms in total. The highest BCUT2D eigenvalue weighted by Crippen LogP contribution is 2.21. The maximum atomic E-state index is 13.1.